The summed E-state index contributed by atoms with van der Waals surface area (Å²) in [5, 5.41) is 7.72. The molecule has 1 aliphatic rings. The first-order valence-electron chi connectivity index (χ1n) is 6.31. The summed E-state index contributed by atoms with van der Waals surface area (Å²) >= 11 is 1.98. The lowest BCUT2D eigenvalue weighted by atomic mass is 10.2. The van der Waals surface area contributed by atoms with Crippen molar-refractivity contribution < 1.29 is 4.79 Å². The zero-order valence-electron chi connectivity index (χ0n) is 10.8. The van der Waals surface area contributed by atoms with E-state index in [9.17, 15) is 4.79 Å². The largest absolute Gasteiger partial charge is 0.383 e. The summed E-state index contributed by atoms with van der Waals surface area (Å²) in [6.07, 6.45) is 4.83. The van der Waals surface area contributed by atoms with Gasteiger partial charge in [0.25, 0.3) is 5.91 Å². The molecule has 1 saturated carbocycles. The Labute approximate surface area is 111 Å². The number of hydrogen-bond acceptors (Lipinski definition) is 4. The Morgan fingerprint density at radius 2 is 2.44 bits per heavy atom. The Hall–Kier alpha value is -1.17. The number of rotatable bonds is 4. The molecule has 2 atom stereocenters. The number of nitrogen functional groups attached to an aromatic ring is 1. The standard InChI is InChI=1S/C12H20N4OS/c1-3-18-9-5-4-8(6-9)15-12(17)10-7-14-16(2)11(10)13/h7-9H,3-6,13H2,1-2H3,(H,15,17). The Balaban J connectivity index is 1.91. The van der Waals surface area contributed by atoms with Crippen molar-refractivity contribution in [3.8, 4) is 0 Å². The Kier molecular flexibility index (Phi) is 4.16. The summed E-state index contributed by atoms with van der Waals surface area (Å²) in [5.41, 5.74) is 6.26. The maximum absolute atomic E-state index is 12.0. The third-order valence-corrected chi connectivity index (χ3v) is 4.58. The van der Waals surface area contributed by atoms with Gasteiger partial charge in [0.15, 0.2) is 0 Å². The maximum atomic E-state index is 12.0. The average molecular weight is 268 g/mol. The van der Waals surface area contributed by atoms with Gasteiger partial charge in [0.05, 0.1) is 6.20 Å². The van der Waals surface area contributed by atoms with E-state index >= 15 is 0 Å². The molecule has 1 fully saturated rings. The molecule has 0 saturated heterocycles. The van der Waals surface area contributed by atoms with E-state index in [0.717, 1.165) is 18.6 Å². The van der Waals surface area contributed by atoms with E-state index in [2.05, 4.69) is 17.3 Å². The molecule has 0 spiro atoms. The first-order valence-corrected chi connectivity index (χ1v) is 7.36. The summed E-state index contributed by atoms with van der Waals surface area (Å²) in [7, 11) is 1.73. The molecule has 1 aromatic heterocycles. The van der Waals surface area contributed by atoms with Gasteiger partial charge in [0, 0.05) is 18.3 Å². The van der Waals surface area contributed by atoms with Crippen molar-refractivity contribution in [1.82, 2.24) is 15.1 Å². The van der Waals surface area contributed by atoms with Crippen LogP contribution in [0.2, 0.25) is 0 Å². The van der Waals surface area contributed by atoms with Crippen LogP contribution < -0.4 is 11.1 Å². The van der Waals surface area contributed by atoms with Crippen LogP contribution in [0, 0.1) is 0 Å². The third-order valence-electron chi connectivity index (χ3n) is 3.35. The van der Waals surface area contributed by atoms with Gasteiger partial charge in [-0.1, -0.05) is 6.92 Å². The van der Waals surface area contributed by atoms with Gasteiger partial charge < -0.3 is 11.1 Å². The summed E-state index contributed by atoms with van der Waals surface area (Å²) < 4.78 is 1.51. The van der Waals surface area contributed by atoms with Crippen LogP contribution in [-0.4, -0.2) is 32.7 Å². The van der Waals surface area contributed by atoms with Crippen molar-refractivity contribution in [2.75, 3.05) is 11.5 Å². The van der Waals surface area contributed by atoms with E-state index in [1.165, 1.54) is 17.3 Å². The third kappa shape index (κ3) is 2.80. The second kappa shape index (κ2) is 5.65. The van der Waals surface area contributed by atoms with E-state index < -0.39 is 0 Å². The Bertz CT molecular complexity index is 432. The van der Waals surface area contributed by atoms with Gasteiger partial charge in [0.2, 0.25) is 0 Å². The molecule has 100 valence electrons. The Morgan fingerprint density at radius 3 is 3.06 bits per heavy atom. The van der Waals surface area contributed by atoms with Gasteiger partial charge in [-0.2, -0.15) is 16.9 Å². The SMILES string of the molecule is CCSC1CCC(NC(=O)c2cnn(C)c2N)C1. The van der Waals surface area contributed by atoms with Gasteiger partial charge >= 0.3 is 0 Å². The predicted octanol–water partition coefficient (Wildman–Crippen LogP) is 1.41. The fraction of sp³-hybridized carbons (Fsp3) is 0.667. The zero-order chi connectivity index (χ0) is 13.1. The number of aryl methyl sites for hydroxylation is 1. The first-order chi connectivity index (χ1) is 8.61. The van der Waals surface area contributed by atoms with Gasteiger partial charge in [-0.15, -0.1) is 0 Å². The lowest BCUT2D eigenvalue weighted by Crippen LogP contribution is -2.33. The molecular formula is C12H20N4OS. The molecule has 2 unspecified atom stereocenters. The fourth-order valence-electron chi connectivity index (χ4n) is 2.34. The van der Waals surface area contributed by atoms with Crippen molar-refractivity contribution in [1.29, 1.82) is 0 Å². The highest BCUT2D eigenvalue weighted by atomic mass is 32.2. The summed E-state index contributed by atoms with van der Waals surface area (Å²) in [4.78, 5) is 12.0. The predicted molar refractivity (Wildman–Crippen MR) is 74.6 cm³/mol. The zero-order valence-corrected chi connectivity index (χ0v) is 11.7. The average Bonchev–Trinajstić information content (AvgIpc) is 2.89. The van der Waals surface area contributed by atoms with Crippen LogP contribution in [0.25, 0.3) is 0 Å². The molecular weight excluding hydrogens is 248 g/mol. The quantitative estimate of drug-likeness (QED) is 0.866. The number of nitrogens with one attached hydrogen (secondary N) is 1. The number of hydrogen-bond donors (Lipinski definition) is 2. The second-order valence-corrected chi connectivity index (χ2v) is 6.21. The molecule has 0 aliphatic heterocycles. The summed E-state index contributed by atoms with van der Waals surface area (Å²) in [6.45, 7) is 2.17. The van der Waals surface area contributed by atoms with Gasteiger partial charge in [-0.3, -0.25) is 9.48 Å². The first kappa shape index (κ1) is 13.3. The lowest BCUT2D eigenvalue weighted by Gasteiger charge is -2.12. The van der Waals surface area contributed by atoms with E-state index in [1.807, 2.05) is 11.8 Å². The van der Waals surface area contributed by atoms with Crippen LogP contribution >= 0.6 is 11.8 Å². The summed E-state index contributed by atoms with van der Waals surface area (Å²) in [6, 6.07) is 0.279. The Morgan fingerprint density at radius 1 is 1.67 bits per heavy atom. The van der Waals surface area contributed by atoms with Crippen molar-refractivity contribution in [2.24, 2.45) is 7.05 Å². The van der Waals surface area contributed by atoms with Crippen LogP contribution in [0.5, 0.6) is 0 Å². The van der Waals surface area contributed by atoms with E-state index in [0.29, 0.717) is 16.6 Å². The van der Waals surface area contributed by atoms with Crippen molar-refractivity contribution >= 4 is 23.5 Å². The van der Waals surface area contributed by atoms with E-state index in [-0.39, 0.29) is 11.9 Å². The molecule has 18 heavy (non-hydrogen) atoms. The number of aromatic nitrogens is 2. The van der Waals surface area contributed by atoms with Crippen LogP contribution in [0.4, 0.5) is 5.82 Å². The van der Waals surface area contributed by atoms with Crippen molar-refractivity contribution in [3.63, 3.8) is 0 Å². The van der Waals surface area contributed by atoms with Crippen LogP contribution in [-0.2, 0) is 7.05 Å². The molecule has 0 bridgehead atoms. The smallest absolute Gasteiger partial charge is 0.256 e. The fourth-order valence-corrected chi connectivity index (χ4v) is 3.49. The topological polar surface area (TPSA) is 72.9 Å². The van der Waals surface area contributed by atoms with E-state index in [1.54, 1.807) is 7.05 Å². The van der Waals surface area contributed by atoms with Crippen LogP contribution in [0.1, 0.15) is 36.5 Å². The van der Waals surface area contributed by atoms with Gasteiger partial charge in [-0.05, 0) is 25.0 Å². The number of nitrogens with zero attached hydrogens (tertiary/aromatic N) is 2. The monoisotopic (exact) mass is 268 g/mol. The minimum atomic E-state index is -0.104. The molecule has 3 N–H and O–H groups in total. The number of amides is 1. The molecule has 1 heterocycles. The molecule has 6 heteroatoms. The highest BCUT2D eigenvalue weighted by Gasteiger charge is 2.26. The van der Waals surface area contributed by atoms with Crippen LogP contribution in [0.15, 0.2) is 6.20 Å². The summed E-state index contributed by atoms with van der Waals surface area (Å²) in [5.74, 6) is 1.46. The van der Waals surface area contributed by atoms with Crippen LogP contribution in [0.3, 0.4) is 0 Å². The molecule has 0 aromatic carbocycles. The molecule has 1 amide bonds. The number of carbonyl (C=O) groups excluding carboxylic acids is 1. The normalized spacial score (nSPS) is 23.2. The number of carbonyl (C=O) groups is 1. The number of nitrogens with two attached hydrogens (primary N) is 1. The second-order valence-electron chi connectivity index (χ2n) is 4.63. The highest BCUT2D eigenvalue weighted by Crippen LogP contribution is 2.29. The number of thioether (sulfide) groups is 1. The lowest BCUT2D eigenvalue weighted by molar-refractivity contribution is 0.0939. The molecule has 1 aliphatic carbocycles. The molecule has 2 rings (SSSR count). The maximum Gasteiger partial charge on any atom is 0.256 e. The minimum absolute atomic E-state index is 0.104. The molecule has 5 nitrogen and oxygen atoms in total. The van der Waals surface area contributed by atoms with Gasteiger partial charge in [-0.25, -0.2) is 0 Å². The van der Waals surface area contributed by atoms with Crippen molar-refractivity contribution in [2.45, 2.75) is 37.5 Å². The highest BCUT2D eigenvalue weighted by molar-refractivity contribution is 7.99. The van der Waals surface area contributed by atoms with Gasteiger partial charge in [0.1, 0.15) is 11.4 Å². The molecule has 1 aromatic rings. The minimum Gasteiger partial charge on any atom is -0.383 e. The van der Waals surface area contributed by atoms with E-state index in [4.69, 9.17) is 5.73 Å². The number of anilines is 1. The molecule has 0 radical (unpaired) electrons. The van der Waals surface area contributed by atoms with Crippen molar-refractivity contribution in [3.05, 3.63) is 11.8 Å².